The van der Waals surface area contributed by atoms with Crippen LogP contribution in [0.3, 0.4) is 0 Å². The van der Waals surface area contributed by atoms with Gasteiger partial charge in [-0.25, -0.2) is 0 Å². The number of aryl methyl sites for hydroxylation is 2. The summed E-state index contributed by atoms with van der Waals surface area (Å²) in [5.74, 6) is 1.71. The first-order valence-corrected chi connectivity index (χ1v) is 10.6. The van der Waals surface area contributed by atoms with Crippen LogP contribution < -0.4 is 15.4 Å². The first-order chi connectivity index (χ1) is 14.3. The predicted molar refractivity (Wildman–Crippen MR) is 140 cm³/mol. The summed E-state index contributed by atoms with van der Waals surface area (Å²) < 4.78 is 7.52. The zero-order valence-corrected chi connectivity index (χ0v) is 22.5. The van der Waals surface area contributed by atoms with E-state index in [-0.39, 0.29) is 36.1 Å². The summed E-state index contributed by atoms with van der Waals surface area (Å²) in [6.45, 7) is 9.90. The monoisotopic (exact) mass is 542 g/mol. The maximum Gasteiger partial charge on any atom is 0.191 e. The molecule has 31 heavy (non-hydrogen) atoms. The van der Waals surface area contributed by atoms with Gasteiger partial charge in [-0.1, -0.05) is 18.2 Å². The maximum absolute atomic E-state index is 5.57. The Morgan fingerprint density at radius 3 is 2.48 bits per heavy atom. The third-order valence-corrected chi connectivity index (χ3v) is 5.44. The van der Waals surface area contributed by atoms with E-state index in [1.165, 1.54) is 11.3 Å². The molecule has 2 N–H and O–H groups in total. The lowest BCUT2D eigenvalue weighted by Crippen LogP contribution is -2.43. The van der Waals surface area contributed by atoms with Crippen molar-refractivity contribution in [2.24, 2.45) is 12.0 Å². The van der Waals surface area contributed by atoms with E-state index in [1.807, 2.05) is 29.9 Å². The van der Waals surface area contributed by atoms with Gasteiger partial charge in [0.2, 0.25) is 0 Å². The van der Waals surface area contributed by atoms with Gasteiger partial charge in [-0.05, 0) is 59.8 Å². The van der Waals surface area contributed by atoms with Crippen molar-refractivity contribution in [3.8, 4) is 5.75 Å². The zero-order valence-electron chi connectivity index (χ0n) is 20.2. The lowest BCUT2D eigenvalue weighted by Gasteiger charge is -2.25. The minimum Gasteiger partial charge on any atom is -0.496 e. The van der Waals surface area contributed by atoms with Crippen LogP contribution in [-0.4, -0.2) is 61.0 Å². The molecule has 7 nitrogen and oxygen atoms in total. The highest BCUT2D eigenvalue weighted by Crippen LogP contribution is 2.28. The molecule has 1 heterocycles. The molecule has 0 aliphatic carbocycles. The predicted octanol–water partition coefficient (Wildman–Crippen LogP) is 3.45. The van der Waals surface area contributed by atoms with Crippen LogP contribution in [0.5, 0.6) is 5.75 Å². The molecule has 1 aromatic carbocycles. The summed E-state index contributed by atoms with van der Waals surface area (Å²) in [6.07, 6.45) is 0.902. The van der Waals surface area contributed by atoms with E-state index in [0.717, 1.165) is 35.9 Å². The number of benzene rings is 1. The van der Waals surface area contributed by atoms with E-state index in [1.54, 1.807) is 7.11 Å². The number of nitrogens with zero attached hydrogens (tertiary/aromatic N) is 4. The van der Waals surface area contributed by atoms with Gasteiger partial charge >= 0.3 is 0 Å². The quantitative estimate of drug-likeness (QED) is 0.289. The van der Waals surface area contributed by atoms with Crippen LogP contribution in [-0.2, 0) is 13.5 Å². The molecule has 2 atom stereocenters. The number of nitrogens with one attached hydrogen (secondary N) is 2. The number of aromatic nitrogens is 2. The molecule has 0 saturated heterocycles. The third kappa shape index (κ3) is 7.38. The fourth-order valence-electron chi connectivity index (χ4n) is 3.68. The molecule has 0 radical (unpaired) electrons. The Balaban J connectivity index is 0.00000480. The maximum atomic E-state index is 5.57. The molecule has 0 bridgehead atoms. The summed E-state index contributed by atoms with van der Waals surface area (Å²) in [5, 5.41) is 11.5. The molecule has 2 unspecified atom stereocenters. The van der Waals surface area contributed by atoms with E-state index >= 15 is 0 Å². The minimum atomic E-state index is 0. The topological polar surface area (TPSA) is 66.7 Å². The Morgan fingerprint density at radius 1 is 1.26 bits per heavy atom. The van der Waals surface area contributed by atoms with Crippen molar-refractivity contribution < 1.29 is 4.74 Å². The lowest BCUT2D eigenvalue weighted by molar-refractivity contribution is 0.295. The highest BCUT2D eigenvalue weighted by molar-refractivity contribution is 14.0. The number of para-hydroxylation sites is 1. The normalized spacial score (nSPS) is 13.5. The van der Waals surface area contributed by atoms with Crippen LogP contribution in [0, 0.1) is 13.8 Å². The fourth-order valence-corrected chi connectivity index (χ4v) is 3.68. The summed E-state index contributed by atoms with van der Waals surface area (Å²) in [7, 11) is 7.85. The minimum absolute atomic E-state index is 0. The van der Waals surface area contributed by atoms with Gasteiger partial charge in [0.05, 0.1) is 25.4 Å². The van der Waals surface area contributed by atoms with Crippen molar-refractivity contribution in [1.29, 1.82) is 0 Å². The van der Waals surface area contributed by atoms with E-state index in [0.29, 0.717) is 6.54 Å². The van der Waals surface area contributed by atoms with Gasteiger partial charge in [0, 0.05) is 30.9 Å². The molecule has 0 fully saturated rings. The van der Waals surface area contributed by atoms with Gasteiger partial charge in [-0.3, -0.25) is 9.67 Å². The first-order valence-electron chi connectivity index (χ1n) is 10.6. The number of likely N-dealkylation sites (N-methyl/N-ethyl adjacent to an activating group) is 1. The Hall–Kier alpha value is -1.81. The number of aliphatic imine (C=N–C) groups is 1. The van der Waals surface area contributed by atoms with Crippen molar-refractivity contribution in [1.82, 2.24) is 25.3 Å². The Kier molecular flexibility index (Phi) is 11.3. The SMILES string of the molecule is CCNC(=NCC(c1ccccc1OC)N(C)C)NC(C)Cc1c(C)nn(C)c1C.I. The van der Waals surface area contributed by atoms with Gasteiger partial charge in [-0.15, -0.1) is 24.0 Å². The smallest absolute Gasteiger partial charge is 0.191 e. The molecule has 0 spiro atoms. The van der Waals surface area contributed by atoms with Gasteiger partial charge in [0.15, 0.2) is 5.96 Å². The van der Waals surface area contributed by atoms with Crippen LogP contribution in [0.1, 0.15) is 42.4 Å². The second-order valence-electron chi connectivity index (χ2n) is 7.96. The second kappa shape index (κ2) is 12.9. The van der Waals surface area contributed by atoms with Crippen molar-refractivity contribution in [2.75, 3.05) is 34.3 Å². The fraction of sp³-hybridized carbons (Fsp3) is 0.565. The van der Waals surface area contributed by atoms with Crippen LogP contribution in [0.4, 0.5) is 0 Å². The van der Waals surface area contributed by atoms with E-state index in [4.69, 9.17) is 9.73 Å². The highest BCUT2D eigenvalue weighted by atomic mass is 127. The van der Waals surface area contributed by atoms with Crippen LogP contribution >= 0.6 is 24.0 Å². The summed E-state index contributed by atoms with van der Waals surface area (Å²) in [4.78, 5) is 7.07. The van der Waals surface area contributed by atoms with Crippen molar-refractivity contribution in [2.45, 2.75) is 46.2 Å². The number of hydrogen-bond acceptors (Lipinski definition) is 4. The first kappa shape index (κ1) is 27.2. The average molecular weight is 543 g/mol. The molecule has 1 aromatic heterocycles. The Morgan fingerprint density at radius 2 is 1.94 bits per heavy atom. The molecule has 8 heteroatoms. The number of halogens is 1. The van der Waals surface area contributed by atoms with Crippen molar-refractivity contribution in [3.63, 3.8) is 0 Å². The van der Waals surface area contributed by atoms with Gasteiger partial charge in [0.25, 0.3) is 0 Å². The zero-order chi connectivity index (χ0) is 22.3. The molecule has 0 aliphatic heterocycles. The number of methoxy groups -OCH3 is 1. The molecule has 2 aromatic rings. The van der Waals surface area contributed by atoms with Crippen LogP contribution in [0.15, 0.2) is 29.3 Å². The summed E-state index contributed by atoms with van der Waals surface area (Å²) >= 11 is 0. The van der Waals surface area contributed by atoms with Crippen molar-refractivity contribution >= 4 is 29.9 Å². The largest absolute Gasteiger partial charge is 0.496 e. The average Bonchev–Trinajstić information content (AvgIpc) is 2.94. The van der Waals surface area contributed by atoms with E-state index in [9.17, 15) is 0 Å². The molecule has 0 aliphatic rings. The number of guanidine groups is 1. The Bertz CT molecular complexity index is 849. The lowest BCUT2D eigenvalue weighted by atomic mass is 10.0. The molecular formula is C23H39IN6O. The van der Waals surface area contributed by atoms with Crippen molar-refractivity contribution in [3.05, 3.63) is 46.8 Å². The van der Waals surface area contributed by atoms with Crippen LogP contribution in [0.2, 0.25) is 0 Å². The second-order valence-corrected chi connectivity index (χ2v) is 7.96. The number of rotatable bonds is 9. The highest BCUT2D eigenvalue weighted by Gasteiger charge is 2.19. The molecular weight excluding hydrogens is 503 g/mol. The molecule has 0 amide bonds. The van der Waals surface area contributed by atoms with Crippen LogP contribution in [0.25, 0.3) is 0 Å². The Labute approximate surface area is 204 Å². The van der Waals surface area contributed by atoms with E-state index in [2.05, 4.69) is 68.5 Å². The van der Waals surface area contributed by atoms with Gasteiger partial charge in [0.1, 0.15) is 5.75 Å². The standard InChI is InChI=1S/C23H38N6O.HI/c1-9-24-23(26-16(2)14-20-17(3)27-29(7)18(20)4)25-15-21(28(5)6)19-12-10-11-13-22(19)30-8;/h10-13,16,21H,9,14-15H2,1-8H3,(H2,24,25,26);1H. The molecule has 2 rings (SSSR count). The number of hydrogen-bond donors (Lipinski definition) is 2. The third-order valence-electron chi connectivity index (χ3n) is 5.44. The van der Waals surface area contributed by atoms with Gasteiger partial charge in [-0.2, -0.15) is 5.10 Å². The van der Waals surface area contributed by atoms with Gasteiger partial charge < -0.3 is 20.3 Å². The summed E-state index contributed by atoms with van der Waals surface area (Å²) in [6, 6.07) is 8.49. The van der Waals surface area contributed by atoms with E-state index < -0.39 is 0 Å². The molecule has 0 saturated carbocycles. The number of ether oxygens (including phenoxy) is 1. The summed E-state index contributed by atoms with van der Waals surface area (Å²) in [5.41, 5.74) is 4.74. The molecule has 174 valence electrons.